The fourth-order valence-corrected chi connectivity index (χ4v) is 3.40. The second-order valence-electron chi connectivity index (χ2n) is 7.03. The second kappa shape index (κ2) is 10.7. The van der Waals surface area contributed by atoms with E-state index in [9.17, 15) is 14.4 Å². The van der Waals surface area contributed by atoms with Gasteiger partial charge < -0.3 is 15.6 Å². The molecule has 0 unspecified atom stereocenters. The number of rotatable bonds is 9. The van der Waals surface area contributed by atoms with E-state index in [1.54, 1.807) is 0 Å². The highest BCUT2D eigenvalue weighted by atomic mass is 16.2. The molecule has 1 aromatic heterocycles. The third-order valence-corrected chi connectivity index (χ3v) is 4.92. The molecule has 0 aliphatic rings. The predicted molar refractivity (Wildman–Crippen MR) is 120 cm³/mol. The number of nitrogens with one attached hydrogen (secondary N) is 1. The van der Waals surface area contributed by atoms with Crippen molar-refractivity contribution in [3.05, 3.63) is 106 Å². The van der Waals surface area contributed by atoms with Crippen molar-refractivity contribution in [3.63, 3.8) is 0 Å². The Hall–Kier alpha value is -4.00. The molecule has 0 bridgehead atoms. The summed E-state index contributed by atoms with van der Waals surface area (Å²) in [4.78, 5) is 38.5. The van der Waals surface area contributed by atoms with Gasteiger partial charge in [0.2, 0.25) is 6.41 Å². The number of carbonyl (C=O) groups is 2. The quantitative estimate of drug-likeness (QED) is 0.317. The molecular formula is C24H24N4O3. The first-order valence-electron chi connectivity index (χ1n) is 9.93. The van der Waals surface area contributed by atoms with Crippen LogP contribution in [0.4, 0.5) is 0 Å². The fraction of sp³-hybridized carbons (Fsp3) is 0.167. The molecule has 3 rings (SSSR count). The maximum Gasteiger partial charge on any atom is 0.252 e. The zero-order chi connectivity index (χ0) is 22.1. The summed E-state index contributed by atoms with van der Waals surface area (Å²) in [6.45, 7) is 0.393. The summed E-state index contributed by atoms with van der Waals surface area (Å²) in [5, 5.41) is 2.92. The lowest BCUT2D eigenvalue weighted by molar-refractivity contribution is -0.106. The summed E-state index contributed by atoms with van der Waals surface area (Å²) in [7, 11) is 0. The Morgan fingerprint density at radius 3 is 2.19 bits per heavy atom. The maximum absolute atomic E-state index is 12.6. The molecule has 0 aliphatic carbocycles. The summed E-state index contributed by atoms with van der Waals surface area (Å²) >= 11 is 0. The average Bonchev–Trinajstić information content (AvgIpc) is 2.79. The average molecular weight is 416 g/mol. The van der Waals surface area contributed by atoms with E-state index in [0.717, 1.165) is 6.42 Å². The number of nitrogens with two attached hydrogens (primary N) is 1. The van der Waals surface area contributed by atoms with Crippen molar-refractivity contribution in [2.75, 3.05) is 6.54 Å². The van der Waals surface area contributed by atoms with Crippen LogP contribution >= 0.6 is 0 Å². The highest BCUT2D eigenvalue weighted by Crippen LogP contribution is 2.27. The highest BCUT2D eigenvalue weighted by molar-refractivity contribution is 5.94. The van der Waals surface area contributed by atoms with E-state index in [-0.39, 0.29) is 29.8 Å². The van der Waals surface area contributed by atoms with Gasteiger partial charge in [-0.1, -0.05) is 60.7 Å². The van der Waals surface area contributed by atoms with Gasteiger partial charge in [-0.05, 0) is 23.6 Å². The van der Waals surface area contributed by atoms with E-state index in [2.05, 4.69) is 34.6 Å². The lowest BCUT2D eigenvalue weighted by atomic mass is 9.88. The Labute approximate surface area is 180 Å². The van der Waals surface area contributed by atoms with Crippen molar-refractivity contribution >= 4 is 18.2 Å². The first kappa shape index (κ1) is 21.7. The van der Waals surface area contributed by atoms with Gasteiger partial charge in [0.25, 0.3) is 11.5 Å². The van der Waals surface area contributed by atoms with Crippen molar-refractivity contribution in [2.45, 2.75) is 18.9 Å². The van der Waals surface area contributed by atoms with E-state index in [1.165, 1.54) is 34.0 Å². The Kier molecular flexibility index (Phi) is 7.48. The number of pyridine rings is 1. The van der Waals surface area contributed by atoms with Crippen LogP contribution in [0.2, 0.25) is 0 Å². The van der Waals surface area contributed by atoms with Crippen LogP contribution in [0.1, 0.15) is 33.8 Å². The van der Waals surface area contributed by atoms with E-state index in [4.69, 9.17) is 5.73 Å². The van der Waals surface area contributed by atoms with Crippen LogP contribution in [0.3, 0.4) is 0 Å². The number of hydrogen-bond acceptors (Lipinski definition) is 3. The molecule has 0 aliphatic heterocycles. The van der Waals surface area contributed by atoms with Crippen molar-refractivity contribution in [1.82, 2.24) is 9.88 Å². The monoisotopic (exact) mass is 416 g/mol. The number of aromatic nitrogens is 1. The van der Waals surface area contributed by atoms with Crippen molar-refractivity contribution < 1.29 is 9.59 Å². The minimum absolute atomic E-state index is 0.0109. The maximum atomic E-state index is 12.6. The topological polar surface area (TPSA) is 107 Å². The molecule has 7 nitrogen and oxygen atoms in total. The van der Waals surface area contributed by atoms with Crippen LogP contribution in [0.25, 0.3) is 0 Å². The Morgan fingerprint density at radius 2 is 1.61 bits per heavy atom. The molecule has 0 saturated heterocycles. The van der Waals surface area contributed by atoms with Crippen LogP contribution in [-0.4, -0.2) is 29.3 Å². The van der Waals surface area contributed by atoms with Gasteiger partial charge >= 0.3 is 0 Å². The van der Waals surface area contributed by atoms with E-state index in [1.807, 2.05) is 36.4 Å². The third kappa shape index (κ3) is 5.99. The van der Waals surface area contributed by atoms with Crippen LogP contribution in [0, 0.1) is 0 Å². The molecule has 2 aromatic carbocycles. The minimum atomic E-state index is -0.339. The molecule has 3 N–H and O–H groups in total. The Morgan fingerprint density at radius 1 is 1.00 bits per heavy atom. The molecule has 0 atom stereocenters. The third-order valence-electron chi connectivity index (χ3n) is 4.92. The standard InChI is InChI=1S/C24H24N4O3/c25-22(27-17-29)16-28-15-20(11-12-23(28)30)24(31)26-14-13-21(18-7-3-1-4-8-18)19-9-5-2-6-10-19/h1-12,15,17,21H,13-14,16H2,(H,26,31)(H2,25,27,29). The zero-order valence-electron chi connectivity index (χ0n) is 17.0. The first-order valence-corrected chi connectivity index (χ1v) is 9.93. The van der Waals surface area contributed by atoms with Gasteiger partial charge in [-0.15, -0.1) is 0 Å². The van der Waals surface area contributed by atoms with Crippen LogP contribution < -0.4 is 16.6 Å². The summed E-state index contributed by atoms with van der Waals surface area (Å²) < 4.78 is 1.24. The van der Waals surface area contributed by atoms with Gasteiger partial charge in [-0.2, -0.15) is 0 Å². The number of amides is 2. The highest BCUT2D eigenvalue weighted by Gasteiger charge is 2.15. The van der Waals surface area contributed by atoms with Gasteiger partial charge in [-0.3, -0.25) is 14.4 Å². The predicted octanol–water partition coefficient (Wildman–Crippen LogP) is 2.31. The lowest BCUT2D eigenvalue weighted by Crippen LogP contribution is -2.31. The number of amidine groups is 1. The number of benzene rings is 2. The SMILES string of the molecule is NC(Cn1cc(C(=O)NCCC(c2ccccc2)c2ccccc2)ccc1=O)=NC=O. The molecule has 3 aromatic rings. The number of carbonyl (C=O) groups excluding carboxylic acids is 2. The molecule has 7 heteroatoms. The van der Waals surface area contributed by atoms with Crippen LogP contribution in [-0.2, 0) is 11.3 Å². The van der Waals surface area contributed by atoms with Gasteiger partial charge in [0.1, 0.15) is 5.84 Å². The smallest absolute Gasteiger partial charge is 0.252 e. The summed E-state index contributed by atoms with van der Waals surface area (Å²) in [5.41, 5.74) is 7.95. The normalized spacial score (nSPS) is 11.3. The Bertz CT molecular complexity index is 1070. The number of aliphatic imine (C=N–C) groups is 1. The second-order valence-corrected chi connectivity index (χ2v) is 7.03. The number of nitrogens with zero attached hydrogens (tertiary/aromatic N) is 2. The molecule has 0 radical (unpaired) electrons. The minimum Gasteiger partial charge on any atom is -0.386 e. The van der Waals surface area contributed by atoms with Crippen molar-refractivity contribution in [2.24, 2.45) is 10.7 Å². The van der Waals surface area contributed by atoms with E-state index >= 15 is 0 Å². The van der Waals surface area contributed by atoms with Gasteiger partial charge in [0.05, 0.1) is 12.1 Å². The van der Waals surface area contributed by atoms with Gasteiger partial charge in [0.15, 0.2) is 0 Å². The largest absolute Gasteiger partial charge is 0.386 e. The van der Waals surface area contributed by atoms with Crippen LogP contribution in [0.5, 0.6) is 0 Å². The fourth-order valence-electron chi connectivity index (χ4n) is 3.40. The van der Waals surface area contributed by atoms with E-state index in [0.29, 0.717) is 18.5 Å². The molecule has 2 amide bonds. The molecule has 31 heavy (non-hydrogen) atoms. The zero-order valence-corrected chi connectivity index (χ0v) is 17.0. The Balaban J connectivity index is 1.69. The van der Waals surface area contributed by atoms with Gasteiger partial charge in [0, 0.05) is 24.7 Å². The molecule has 0 saturated carbocycles. The molecule has 0 spiro atoms. The number of hydrogen-bond donors (Lipinski definition) is 2. The lowest BCUT2D eigenvalue weighted by Gasteiger charge is -2.18. The molecular weight excluding hydrogens is 392 g/mol. The van der Waals surface area contributed by atoms with Crippen molar-refractivity contribution in [1.29, 1.82) is 0 Å². The van der Waals surface area contributed by atoms with Gasteiger partial charge in [-0.25, -0.2) is 4.99 Å². The van der Waals surface area contributed by atoms with Crippen LogP contribution in [0.15, 0.2) is 88.8 Å². The summed E-state index contributed by atoms with van der Waals surface area (Å²) in [5.74, 6) is -0.154. The molecule has 1 heterocycles. The molecule has 158 valence electrons. The molecule has 0 fully saturated rings. The summed E-state index contributed by atoms with van der Waals surface area (Å²) in [6, 6.07) is 23.1. The first-order chi connectivity index (χ1) is 15.1. The van der Waals surface area contributed by atoms with E-state index < -0.39 is 0 Å². The summed E-state index contributed by atoms with van der Waals surface area (Å²) in [6.07, 6.45) is 2.45. The van der Waals surface area contributed by atoms with Crippen molar-refractivity contribution in [3.8, 4) is 0 Å².